The highest BCUT2D eigenvalue weighted by Gasteiger charge is 2.23. The van der Waals surface area contributed by atoms with Gasteiger partial charge in [-0.15, -0.1) is 0 Å². The Morgan fingerprint density at radius 3 is 2.33 bits per heavy atom. The Bertz CT molecular complexity index is 1290. The minimum absolute atomic E-state index is 0.305. The third kappa shape index (κ3) is 3.28. The van der Waals surface area contributed by atoms with Crippen LogP contribution in [0, 0.1) is 0 Å². The van der Waals surface area contributed by atoms with E-state index in [1.54, 1.807) is 18.3 Å². The molecule has 5 rings (SSSR count). The van der Waals surface area contributed by atoms with Gasteiger partial charge in [-0.25, -0.2) is 12.4 Å². The summed E-state index contributed by atoms with van der Waals surface area (Å²) in [6.07, 6.45) is 1.66. The summed E-state index contributed by atoms with van der Waals surface area (Å²) in [6, 6.07) is 24.7. The van der Waals surface area contributed by atoms with Crippen LogP contribution in [0.2, 0.25) is 0 Å². The number of aromatic nitrogens is 1. The second kappa shape index (κ2) is 7.63. The van der Waals surface area contributed by atoms with Crippen LogP contribution < -0.4 is 10.2 Å². The molecule has 3 aromatic carbocycles. The minimum Gasteiger partial charge on any atom is -0.369 e. The largest absolute Gasteiger partial charge is 0.369 e. The molecular weight excluding hydrogens is 394 g/mol. The first kappa shape index (κ1) is 18.9. The van der Waals surface area contributed by atoms with Gasteiger partial charge < -0.3 is 10.2 Å². The monoisotopic (exact) mass is 417 g/mol. The molecule has 1 saturated heterocycles. The number of piperazine rings is 1. The van der Waals surface area contributed by atoms with Gasteiger partial charge in [-0.05, 0) is 35.9 Å². The number of hydrogen-bond donors (Lipinski definition) is 1. The van der Waals surface area contributed by atoms with Gasteiger partial charge >= 0.3 is 0 Å². The Labute approximate surface area is 176 Å². The van der Waals surface area contributed by atoms with Gasteiger partial charge in [0, 0.05) is 49.0 Å². The highest BCUT2D eigenvalue weighted by atomic mass is 32.2. The molecule has 0 amide bonds. The molecule has 1 aromatic heterocycles. The Morgan fingerprint density at radius 2 is 1.53 bits per heavy atom. The van der Waals surface area contributed by atoms with Crippen LogP contribution in [0.5, 0.6) is 0 Å². The zero-order valence-corrected chi connectivity index (χ0v) is 17.3. The third-order valence-electron chi connectivity index (χ3n) is 5.63. The Kier molecular flexibility index (Phi) is 4.81. The summed E-state index contributed by atoms with van der Waals surface area (Å²) in [4.78, 5) is 2.63. The van der Waals surface area contributed by atoms with Crippen LogP contribution in [0.15, 0.2) is 90.0 Å². The minimum atomic E-state index is -3.75. The molecule has 0 radical (unpaired) electrons. The molecule has 6 heteroatoms. The van der Waals surface area contributed by atoms with Gasteiger partial charge in [0.2, 0.25) is 0 Å². The maximum Gasteiger partial charge on any atom is 0.268 e. The molecule has 1 aliphatic rings. The van der Waals surface area contributed by atoms with Gasteiger partial charge in [0.05, 0.1) is 10.4 Å². The summed E-state index contributed by atoms with van der Waals surface area (Å²) < 4.78 is 28.7. The molecule has 1 fully saturated rings. The molecule has 4 aromatic rings. The fourth-order valence-electron chi connectivity index (χ4n) is 4.09. The number of fused-ring (bicyclic) bond motifs is 1. The van der Waals surface area contributed by atoms with E-state index in [4.69, 9.17) is 0 Å². The van der Waals surface area contributed by atoms with Crippen molar-refractivity contribution in [3.63, 3.8) is 0 Å². The summed E-state index contributed by atoms with van der Waals surface area (Å²) in [6.45, 7) is 3.83. The van der Waals surface area contributed by atoms with Crippen molar-refractivity contribution in [3.8, 4) is 11.1 Å². The second-order valence-corrected chi connectivity index (χ2v) is 9.24. The van der Waals surface area contributed by atoms with Crippen LogP contribution in [0.3, 0.4) is 0 Å². The van der Waals surface area contributed by atoms with Crippen molar-refractivity contribution < 1.29 is 8.42 Å². The van der Waals surface area contributed by atoms with Gasteiger partial charge in [0.15, 0.2) is 0 Å². The van der Waals surface area contributed by atoms with Crippen LogP contribution in [-0.4, -0.2) is 38.6 Å². The average molecular weight is 418 g/mol. The van der Waals surface area contributed by atoms with E-state index < -0.39 is 10.0 Å². The molecule has 0 bridgehead atoms. The summed E-state index contributed by atoms with van der Waals surface area (Å²) in [5.41, 5.74) is 3.41. The lowest BCUT2D eigenvalue weighted by Crippen LogP contribution is -2.43. The second-order valence-electron chi connectivity index (χ2n) is 7.46. The standard InChI is InChI=1S/C24H23N3O2S/c28-30(29,24-9-5-4-8-22(24)19-6-2-1-3-7-19)27-15-12-20-18-21(10-11-23(20)27)26-16-13-25-14-17-26/h1-12,15,18,25H,13-14,16-17H2. The van der Waals surface area contributed by atoms with E-state index in [1.165, 1.54) is 3.97 Å². The number of rotatable bonds is 4. The predicted molar refractivity (Wildman–Crippen MR) is 121 cm³/mol. The van der Waals surface area contributed by atoms with Crippen LogP contribution in [0.4, 0.5) is 5.69 Å². The Morgan fingerprint density at radius 1 is 0.800 bits per heavy atom. The zero-order valence-electron chi connectivity index (χ0n) is 16.5. The Hall–Kier alpha value is -3.09. The van der Waals surface area contributed by atoms with E-state index in [1.807, 2.05) is 60.7 Å². The van der Waals surface area contributed by atoms with E-state index in [-0.39, 0.29) is 0 Å². The zero-order chi connectivity index (χ0) is 20.6. The predicted octanol–water partition coefficient (Wildman–Crippen LogP) is 3.95. The van der Waals surface area contributed by atoms with Crippen molar-refractivity contribution in [2.24, 2.45) is 0 Å². The lowest BCUT2D eigenvalue weighted by molar-refractivity contribution is 0.589. The number of anilines is 1. The van der Waals surface area contributed by atoms with E-state index in [2.05, 4.69) is 16.3 Å². The van der Waals surface area contributed by atoms with Crippen LogP contribution in [0.25, 0.3) is 22.0 Å². The Balaban J connectivity index is 1.59. The maximum absolute atomic E-state index is 13.6. The molecule has 1 N–H and O–H groups in total. The van der Waals surface area contributed by atoms with Crippen molar-refractivity contribution >= 4 is 26.6 Å². The first-order chi connectivity index (χ1) is 14.6. The summed E-state index contributed by atoms with van der Waals surface area (Å²) in [5.74, 6) is 0. The maximum atomic E-state index is 13.6. The van der Waals surface area contributed by atoms with E-state index in [0.29, 0.717) is 16.0 Å². The van der Waals surface area contributed by atoms with Gasteiger partial charge in [-0.2, -0.15) is 0 Å². The van der Waals surface area contributed by atoms with Crippen molar-refractivity contribution in [1.29, 1.82) is 0 Å². The smallest absolute Gasteiger partial charge is 0.268 e. The highest BCUT2D eigenvalue weighted by Crippen LogP contribution is 2.31. The number of nitrogens with one attached hydrogen (secondary N) is 1. The van der Waals surface area contributed by atoms with E-state index in [9.17, 15) is 8.42 Å². The summed E-state index contributed by atoms with van der Waals surface area (Å²) in [5, 5.41) is 4.28. The van der Waals surface area contributed by atoms with Crippen LogP contribution >= 0.6 is 0 Å². The molecule has 2 heterocycles. The lowest BCUT2D eigenvalue weighted by Gasteiger charge is -2.29. The third-order valence-corrected chi connectivity index (χ3v) is 7.38. The SMILES string of the molecule is O=S(=O)(c1ccccc1-c1ccccc1)n1ccc2cc(N3CCNCC3)ccc21. The number of hydrogen-bond acceptors (Lipinski definition) is 4. The number of benzene rings is 3. The van der Waals surface area contributed by atoms with Crippen LogP contribution in [0.1, 0.15) is 0 Å². The molecule has 30 heavy (non-hydrogen) atoms. The fraction of sp³-hybridized carbons (Fsp3) is 0.167. The van der Waals surface area contributed by atoms with Crippen molar-refractivity contribution in [2.75, 3.05) is 31.1 Å². The molecular formula is C24H23N3O2S. The first-order valence-electron chi connectivity index (χ1n) is 10.1. The van der Waals surface area contributed by atoms with Gasteiger partial charge in [0.25, 0.3) is 10.0 Å². The van der Waals surface area contributed by atoms with Crippen molar-refractivity contribution in [2.45, 2.75) is 4.90 Å². The molecule has 0 unspecified atom stereocenters. The molecule has 0 atom stereocenters. The van der Waals surface area contributed by atoms with E-state index >= 15 is 0 Å². The summed E-state index contributed by atoms with van der Waals surface area (Å²) >= 11 is 0. The molecule has 1 aliphatic heterocycles. The average Bonchev–Trinajstić information content (AvgIpc) is 3.24. The van der Waals surface area contributed by atoms with Gasteiger partial charge in [0.1, 0.15) is 0 Å². The van der Waals surface area contributed by atoms with Crippen molar-refractivity contribution in [3.05, 3.63) is 85.1 Å². The topological polar surface area (TPSA) is 54.3 Å². The van der Waals surface area contributed by atoms with Gasteiger partial charge in [-0.3, -0.25) is 0 Å². The van der Waals surface area contributed by atoms with Crippen LogP contribution in [-0.2, 0) is 10.0 Å². The molecule has 5 nitrogen and oxygen atoms in total. The highest BCUT2D eigenvalue weighted by molar-refractivity contribution is 7.90. The van der Waals surface area contributed by atoms with E-state index in [0.717, 1.165) is 42.8 Å². The lowest BCUT2D eigenvalue weighted by atomic mass is 10.1. The molecule has 152 valence electrons. The summed E-state index contributed by atoms with van der Waals surface area (Å²) in [7, 11) is -3.75. The van der Waals surface area contributed by atoms with Crippen molar-refractivity contribution in [1.82, 2.24) is 9.29 Å². The van der Waals surface area contributed by atoms with Gasteiger partial charge in [-0.1, -0.05) is 48.5 Å². The normalized spacial score (nSPS) is 14.9. The quantitative estimate of drug-likeness (QED) is 0.546. The number of nitrogens with zero attached hydrogens (tertiary/aromatic N) is 2. The molecule has 0 aliphatic carbocycles. The first-order valence-corrected chi connectivity index (χ1v) is 11.6. The molecule has 0 saturated carbocycles. The fourth-order valence-corrected chi connectivity index (χ4v) is 5.66. The molecule has 0 spiro atoms.